The van der Waals surface area contributed by atoms with Gasteiger partial charge in [-0.05, 0) is 80.4 Å². The zero-order valence-corrected chi connectivity index (χ0v) is 35.8. The fraction of sp³-hybridized carbons (Fsp3) is 0.659. The molecule has 0 bridgehead atoms. The predicted octanol–water partition coefficient (Wildman–Crippen LogP) is 5.09. The fourth-order valence-corrected chi connectivity index (χ4v) is 8.75. The number of carbonyl (C=O) groups is 3. The molecule has 15 nitrogen and oxygen atoms in total. The van der Waals surface area contributed by atoms with Crippen LogP contribution in [0.1, 0.15) is 84.2 Å². The number of unbranched alkanes of at least 4 members (excludes halogenated alkanes) is 2. The Morgan fingerprint density at radius 1 is 0.800 bits per heavy atom. The van der Waals surface area contributed by atoms with Gasteiger partial charge in [0.2, 0.25) is 0 Å². The van der Waals surface area contributed by atoms with Gasteiger partial charge in [-0.2, -0.15) is 11.8 Å². The molecule has 2 fully saturated rings. The number of hydrogen-bond acceptors (Lipinski definition) is 13. The normalized spacial score (nSPS) is 23.9. The number of carboxylic acid groups (broad SMARTS) is 2. The molecular weight excluding hydrogens is 791 g/mol. The van der Waals surface area contributed by atoms with Crippen molar-refractivity contribution in [2.45, 2.75) is 70.6 Å². The molecule has 0 unspecified atom stereocenters. The monoisotopic (exact) mass is 853 g/mol. The second-order valence-electron chi connectivity index (χ2n) is 15.8. The number of aromatic nitrogens is 2. The van der Waals surface area contributed by atoms with E-state index in [1.165, 1.54) is 12.1 Å². The van der Waals surface area contributed by atoms with Crippen molar-refractivity contribution in [2.24, 2.45) is 17.8 Å². The van der Waals surface area contributed by atoms with Crippen molar-refractivity contribution in [1.82, 2.24) is 25.1 Å². The van der Waals surface area contributed by atoms with E-state index in [4.69, 9.17) is 23.7 Å². The van der Waals surface area contributed by atoms with E-state index in [2.05, 4.69) is 43.8 Å². The summed E-state index contributed by atoms with van der Waals surface area (Å²) in [4.78, 5) is 48.4. The first-order chi connectivity index (χ1) is 29.2. The van der Waals surface area contributed by atoms with Crippen LogP contribution < -0.4 is 5.32 Å². The summed E-state index contributed by atoms with van der Waals surface area (Å²) in [5.41, 5.74) is 0.724. The number of rotatable bonds is 16. The SMILES string of the molecule is C[C@]1(CSCCCCCNC(=O)OC[C@H]2[C@@H]3CCC#CCC[C@@H]32)COCCN(Cc2cccc(C(=O)O)n2)CCOCCOCCN(Cc2cccc(C(=O)O)n2)CCO1. The third-order valence-electron chi connectivity index (χ3n) is 11.0. The highest BCUT2D eigenvalue weighted by molar-refractivity contribution is 7.99. The van der Waals surface area contributed by atoms with Crippen molar-refractivity contribution in [3.63, 3.8) is 0 Å². The largest absolute Gasteiger partial charge is 0.477 e. The molecule has 3 aliphatic rings. The molecule has 1 amide bonds. The molecule has 0 radical (unpaired) electrons. The average Bonchev–Trinajstić information content (AvgIpc) is 3.88. The molecule has 3 heterocycles. The summed E-state index contributed by atoms with van der Waals surface area (Å²) in [6, 6.07) is 10.0. The van der Waals surface area contributed by atoms with Crippen LogP contribution in [0.2, 0.25) is 0 Å². The third kappa shape index (κ3) is 17.3. The molecule has 4 atom stereocenters. The van der Waals surface area contributed by atoms with Crippen molar-refractivity contribution in [3.8, 4) is 11.8 Å². The minimum absolute atomic E-state index is 0.00528. The van der Waals surface area contributed by atoms with Crippen LogP contribution in [-0.4, -0.2) is 151 Å². The molecule has 2 aromatic rings. The summed E-state index contributed by atoms with van der Waals surface area (Å²) in [7, 11) is 0. The highest BCUT2D eigenvalue weighted by Crippen LogP contribution is 2.52. The van der Waals surface area contributed by atoms with Crippen LogP contribution in [0.25, 0.3) is 0 Å². The molecule has 0 spiro atoms. The van der Waals surface area contributed by atoms with Crippen LogP contribution in [-0.2, 0) is 36.8 Å². The lowest BCUT2D eigenvalue weighted by atomic mass is 10.1. The Balaban J connectivity index is 1.09. The lowest BCUT2D eigenvalue weighted by Crippen LogP contribution is -2.41. The minimum Gasteiger partial charge on any atom is -0.477 e. The smallest absolute Gasteiger partial charge is 0.407 e. The van der Waals surface area contributed by atoms with E-state index in [9.17, 15) is 24.6 Å². The van der Waals surface area contributed by atoms with Crippen molar-refractivity contribution < 1.29 is 48.3 Å². The summed E-state index contributed by atoms with van der Waals surface area (Å²) in [6.07, 6.45) is 6.66. The van der Waals surface area contributed by atoms with Crippen LogP contribution in [0, 0.1) is 29.6 Å². The van der Waals surface area contributed by atoms with Gasteiger partial charge >= 0.3 is 18.0 Å². The molecule has 1 saturated heterocycles. The van der Waals surface area contributed by atoms with E-state index in [-0.39, 0.29) is 17.5 Å². The van der Waals surface area contributed by atoms with Gasteiger partial charge in [-0.15, -0.1) is 11.8 Å². The van der Waals surface area contributed by atoms with Gasteiger partial charge in [0.05, 0.1) is 69.8 Å². The fourth-order valence-electron chi connectivity index (χ4n) is 7.60. The number of carbonyl (C=O) groups excluding carboxylic acids is 1. The maximum absolute atomic E-state index is 12.3. The molecule has 16 heteroatoms. The van der Waals surface area contributed by atoms with Gasteiger partial charge < -0.3 is 39.2 Å². The summed E-state index contributed by atoms with van der Waals surface area (Å²) in [5, 5.41) is 21.8. The molecule has 2 aliphatic carbocycles. The van der Waals surface area contributed by atoms with Gasteiger partial charge in [-0.1, -0.05) is 18.6 Å². The Morgan fingerprint density at radius 3 is 1.95 bits per heavy atom. The molecule has 60 heavy (non-hydrogen) atoms. The van der Waals surface area contributed by atoms with Gasteiger partial charge in [0.1, 0.15) is 11.4 Å². The second kappa shape index (κ2) is 25.8. The molecule has 1 aliphatic heterocycles. The van der Waals surface area contributed by atoms with Crippen molar-refractivity contribution in [2.75, 3.05) is 97.1 Å². The van der Waals surface area contributed by atoms with Crippen molar-refractivity contribution in [1.29, 1.82) is 0 Å². The second-order valence-corrected chi connectivity index (χ2v) is 16.9. The Hall–Kier alpha value is -3.82. The quantitative estimate of drug-likeness (QED) is 0.150. The molecule has 330 valence electrons. The zero-order chi connectivity index (χ0) is 42.4. The van der Waals surface area contributed by atoms with Crippen molar-refractivity contribution in [3.05, 3.63) is 59.2 Å². The molecular formula is C44H63N5O10S. The van der Waals surface area contributed by atoms with Crippen LogP contribution in [0.5, 0.6) is 0 Å². The number of pyridine rings is 2. The van der Waals surface area contributed by atoms with E-state index in [1.54, 1.807) is 12.1 Å². The van der Waals surface area contributed by atoms with Crippen molar-refractivity contribution >= 4 is 29.8 Å². The molecule has 2 aromatic heterocycles. The number of thioether (sulfide) groups is 1. The van der Waals surface area contributed by atoms with Crippen LogP contribution in [0.4, 0.5) is 4.79 Å². The topological polar surface area (TPSA) is 182 Å². The molecule has 1 saturated carbocycles. The van der Waals surface area contributed by atoms with Gasteiger partial charge in [0, 0.05) is 64.4 Å². The van der Waals surface area contributed by atoms with E-state index in [1.807, 2.05) is 23.9 Å². The molecule has 3 N–H and O–H groups in total. The first-order valence-electron chi connectivity index (χ1n) is 21.3. The van der Waals surface area contributed by atoms with E-state index in [0.29, 0.717) is 134 Å². The van der Waals surface area contributed by atoms with Crippen LogP contribution >= 0.6 is 11.8 Å². The summed E-state index contributed by atoms with van der Waals surface area (Å²) >= 11 is 1.82. The summed E-state index contributed by atoms with van der Waals surface area (Å²) in [5.74, 6) is 7.76. The van der Waals surface area contributed by atoms with E-state index < -0.39 is 17.5 Å². The Labute approximate surface area is 358 Å². The Bertz CT molecular complexity index is 1690. The number of carboxylic acids is 2. The lowest BCUT2D eigenvalue weighted by molar-refractivity contribution is -0.0808. The highest BCUT2D eigenvalue weighted by atomic mass is 32.2. The van der Waals surface area contributed by atoms with Gasteiger partial charge in [0.15, 0.2) is 0 Å². The van der Waals surface area contributed by atoms with Gasteiger partial charge in [0.25, 0.3) is 0 Å². The Morgan fingerprint density at radius 2 is 1.37 bits per heavy atom. The number of amides is 1. The number of aromatic carboxylic acids is 2. The number of nitrogens with one attached hydrogen (secondary N) is 1. The standard InChI is InChI=1S/C44H63N5O10S/c1-44(33-60-28-8-4-7-17-45-43(54)58-31-38-36-13-5-2-3-6-14-37(36)38)32-57-24-20-48(29-34-11-9-15-39(46-34)41(50)51)18-22-55-26-27-56-23-19-49(21-25-59-44)30-35-12-10-16-40(47-35)42(52)53/h9-12,15-16,36-38H,4-8,13-14,17-33H2,1H3,(H,45,54)(H,50,51)(H,52,53)/t36-,37+,38+,44-/m1/s1. The Kier molecular flexibility index (Phi) is 20.3. The predicted molar refractivity (Wildman–Crippen MR) is 227 cm³/mol. The van der Waals surface area contributed by atoms with Crippen LogP contribution in [0.3, 0.4) is 0 Å². The maximum Gasteiger partial charge on any atom is 0.407 e. The minimum atomic E-state index is -1.07. The third-order valence-corrected chi connectivity index (χ3v) is 12.4. The zero-order valence-electron chi connectivity index (χ0n) is 35.0. The maximum atomic E-state index is 12.3. The van der Waals surface area contributed by atoms with Gasteiger partial charge in [-0.3, -0.25) is 9.80 Å². The van der Waals surface area contributed by atoms with E-state index >= 15 is 0 Å². The average molecular weight is 854 g/mol. The molecule has 5 rings (SSSR count). The number of nitrogens with zero attached hydrogens (tertiary/aromatic N) is 4. The number of alkyl carbamates (subject to hydrolysis) is 1. The number of ether oxygens (including phenoxy) is 5. The lowest BCUT2D eigenvalue weighted by Gasteiger charge is -2.32. The van der Waals surface area contributed by atoms with E-state index in [0.717, 1.165) is 50.7 Å². The molecule has 0 aromatic carbocycles. The first kappa shape index (κ1) is 47.2. The first-order valence-corrected chi connectivity index (χ1v) is 22.5. The summed E-state index contributed by atoms with van der Waals surface area (Å²) < 4.78 is 30.3. The van der Waals surface area contributed by atoms with Crippen LogP contribution in [0.15, 0.2) is 36.4 Å². The van der Waals surface area contributed by atoms with Gasteiger partial charge in [-0.25, -0.2) is 24.4 Å². The highest BCUT2D eigenvalue weighted by Gasteiger charge is 2.49. The summed E-state index contributed by atoms with van der Waals surface area (Å²) in [6.45, 7) is 9.32. The number of fused-ring (bicyclic) bond motifs is 1. The number of hydrogen-bond donors (Lipinski definition) is 3.